The van der Waals surface area contributed by atoms with Gasteiger partial charge in [0.05, 0.1) is 6.10 Å². The quantitative estimate of drug-likeness (QED) is 0.898. The Bertz CT molecular complexity index is 722. The summed E-state index contributed by atoms with van der Waals surface area (Å²) in [5, 5.41) is 12.9. The van der Waals surface area contributed by atoms with E-state index in [-0.39, 0.29) is 18.1 Å². The molecule has 25 heavy (non-hydrogen) atoms. The molecule has 1 atom stereocenters. The van der Waals surface area contributed by atoms with Gasteiger partial charge in [-0.15, -0.1) is 0 Å². The molecule has 0 spiro atoms. The Labute approximate surface area is 149 Å². The van der Waals surface area contributed by atoms with Crippen LogP contribution in [0.15, 0.2) is 48.5 Å². The van der Waals surface area contributed by atoms with E-state index in [0.717, 1.165) is 35.5 Å². The highest BCUT2D eigenvalue weighted by Crippen LogP contribution is 2.27. The molecule has 1 aliphatic rings. The molecule has 2 aromatic rings. The van der Waals surface area contributed by atoms with Crippen LogP contribution >= 0.6 is 0 Å². The van der Waals surface area contributed by atoms with Crippen LogP contribution in [0.3, 0.4) is 0 Å². The molecule has 1 amide bonds. The van der Waals surface area contributed by atoms with Gasteiger partial charge in [-0.2, -0.15) is 0 Å². The van der Waals surface area contributed by atoms with Crippen molar-refractivity contribution >= 4 is 11.6 Å². The van der Waals surface area contributed by atoms with E-state index in [1.54, 1.807) is 0 Å². The molecule has 1 saturated heterocycles. The van der Waals surface area contributed by atoms with Crippen LogP contribution in [-0.4, -0.2) is 35.1 Å². The summed E-state index contributed by atoms with van der Waals surface area (Å²) >= 11 is 0. The van der Waals surface area contributed by atoms with Crippen LogP contribution in [0.1, 0.15) is 35.6 Å². The third-order valence-corrected chi connectivity index (χ3v) is 4.88. The molecule has 1 heterocycles. The van der Waals surface area contributed by atoms with Crippen molar-refractivity contribution in [2.24, 2.45) is 0 Å². The molecule has 0 bridgehead atoms. The molecular weight excluding hydrogens is 312 g/mol. The number of anilines is 1. The standard InChI is InChI=1S/C21H26N2O2/c1-15-8-9-16(2)19(14-15)22-21(25)20(17-6-4-3-5-7-17)23-12-10-18(24)11-13-23/h3-9,14,18,20,24H,10-13H2,1-2H3,(H,22,25). The summed E-state index contributed by atoms with van der Waals surface area (Å²) in [6.45, 7) is 5.47. The summed E-state index contributed by atoms with van der Waals surface area (Å²) in [6.07, 6.45) is 1.16. The number of rotatable bonds is 4. The van der Waals surface area contributed by atoms with E-state index in [9.17, 15) is 9.90 Å². The van der Waals surface area contributed by atoms with Crippen LogP contribution in [-0.2, 0) is 4.79 Å². The lowest BCUT2D eigenvalue weighted by atomic mass is 9.99. The third kappa shape index (κ3) is 4.27. The average Bonchev–Trinajstić information content (AvgIpc) is 2.61. The third-order valence-electron chi connectivity index (χ3n) is 4.88. The van der Waals surface area contributed by atoms with Gasteiger partial charge in [0, 0.05) is 18.8 Å². The molecular formula is C21H26N2O2. The highest BCUT2D eigenvalue weighted by Gasteiger charge is 2.30. The molecule has 2 aromatic carbocycles. The lowest BCUT2D eigenvalue weighted by Gasteiger charge is -2.35. The zero-order valence-corrected chi connectivity index (χ0v) is 14.9. The summed E-state index contributed by atoms with van der Waals surface area (Å²) in [7, 11) is 0. The highest BCUT2D eigenvalue weighted by atomic mass is 16.3. The summed E-state index contributed by atoms with van der Waals surface area (Å²) < 4.78 is 0. The molecule has 0 saturated carbocycles. The summed E-state index contributed by atoms with van der Waals surface area (Å²) in [4.78, 5) is 15.3. The predicted octanol–water partition coefficient (Wildman–Crippen LogP) is 3.44. The summed E-state index contributed by atoms with van der Waals surface area (Å²) in [5.74, 6) is -0.0173. The largest absolute Gasteiger partial charge is 0.393 e. The minimum atomic E-state index is -0.339. The Balaban J connectivity index is 1.86. The van der Waals surface area contributed by atoms with Crippen molar-refractivity contribution in [3.63, 3.8) is 0 Å². The fraction of sp³-hybridized carbons (Fsp3) is 0.381. The topological polar surface area (TPSA) is 52.6 Å². The fourth-order valence-corrected chi connectivity index (χ4v) is 3.38. The van der Waals surface area contributed by atoms with Gasteiger partial charge in [0.15, 0.2) is 0 Å². The monoisotopic (exact) mass is 338 g/mol. The van der Waals surface area contributed by atoms with Crippen LogP contribution in [0, 0.1) is 13.8 Å². The maximum Gasteiger partial charge on any atom is 0.246 e. The van der Waals surface area contributed by atoms with Crippen molar-refractivity contribution in [3.8, 4) is 0 Å². The highest BCUT2D eigenvalue weighted by molar-refractivity contribution is 5.96. The normalized spacial score (nSPS) is 17.2. The second kappa shape index (κ2) is 7.81. The number of aryl methyl sites for hydroxylation is 2. The minimum Gasteiger partial charge on any atom is -0.393 e. The van der Waals surface area contributed by atoms with Gasteiger partial charge >= 0.3 is 0 Å². The van der Waals surface area contributed by atoms with Gasteiger partial charge in [0.25, 0.3) is 0 Å². The molecule has 3 rings (SSSR count). The Hall–Kier alpha value is -2.17. The maximum atomic E-state index is 13.1. The number of piperidine rings is 1. The molecule has 0 aromatic heterocycles. The van der Waals surface area contributed by atoms with Gasteiger partial charge in [-0.05, 0) is 49.4 Å². The first-order chi connectivity index (χ1) is 12.0. The van der Waals surface area contributed by atoms with Gasteiger partial charge in [-0.25, -0.2) is 0 Å². The number of carbonyl (C=O) groups excluding carboxylic acids is 1. The zero-order chi connectivity index (χ0) is 17.8. The number of carbonyl (C=O) groups is 1. The van der Waals surface area contributed by atoms with Crippen LogP contribution in [0.2, 0.25) is 0 Å². The number of amides is 1. The molecule has 1 aliphatic heterocycles. The first kappa shape index (κ1) is 17.6. The lowest BCUT2D eigenvalue weighted by Crippen LogP contribution is -2.43. The SMILES string of the molecule is Cc1ccc(C)c(NC(=O)C(c2ccccc2)N2CCC(O)CC2)c1. The van der Waals surface area contributed by atoms with Crippen molar-refractivity contribution in [2.75, 3.05) is 18.4 Å². The van der Waals surface area contributed by atoms with E-state index in [0.29, 0.717) is 12.8 Å². The number of hydrogen-bond donors (Lipinski definition) is 2. The molecule has 4 heteroatoms. The van der Waals surface area contributed by atoms with E-state index < -0.39 is 0 Å². The van der Waals surface area contributed by atoms with E-state index >= 15 is 0 Å². The van der Waals surface area contributed by atoms with Gasteiger partial charge in [0.1, 0.15) is 6.04 Å². The molecule has 1 fully saturated rings. The summed E-state index contributed by atoms with van der Waals surface area (Å²) in [6, 6.07) is 15.6. The second-order valence-corrected chi connectivity index (χ2v) is 6.89. The van der Waals surface area contributed by atoms with Gasteiger partial charge in [-0.3, -0.25) is 9.69 Å². The average molecular weight is 338 g/mol. The summed E-state index contributed by atoms with van der Waals surface area (Å²) in [5.41, 5.74) is 4.03. The van der Waals surface area contributed by atoms with Crippen molar-refractivity contribution in [2.45, 2.75) is 38.8 Å². The lowest BCUT2D eigenvalue weighted by molar-refractivity contribution is -0.122. The number of aliphatic hydroxyl groups excluding tert-OH is 1. The van der Waals surface area contributed by atoms with E-state index in [2.05, 4.69) is 10.2 Å². The Morgan fingerprint density at radius 3 is 2.48 bits per heavy atom. The predicted molar refractivity (Wildman–Crippen MR) is 101 cm³/mol. The number of nitrogens with one attached hydrogen (secondary N) is 1. The number of aliphatic hydroxyl groups is 1. The molecule has 4 nitrogen and oxygen atoms in total. The van der Waals surface area contributed by atoms with Gasteiger partial charge in [-0.1, -0.05) is 42.5 Å². The van der Waals surface area contributed by atoms with Crippen molar-refractivity contribution < 1.29 is 9.90 Å². The molecule has 0 aliphatic carbocycles. The number of likely N-dealkylation sites (tertiary alicyclic amines) is 1. The van der Waals surface area contributed by atoms with Crippen LogP contribution in [0.4, 0.5) is 5.69 Å². The fourth-order valence-electron chi connectivity index (χ4n) is 3.38. The Kier molecular flexibility index (Phi) is 5.51. The molecule has 0 radical (unpaired) electrons. The number of hydrogen-bond acceptors (Lipinski definition) is 3. The zero-order valence-electron chi connectivity index (χ0n) is 14.9. The van der Waals surface area contributed by atoms with E-state index in [1.165, 1.54) is 0 Å². The van der Waals surface area contributed by atoms with Crippen molar-refractivity contribution in [1.29, 1.82) is 0 Å². The van der Waals surface area contributed by atoms with Crippen molar-refractivity contribution in [1.82, 2.24) is 4.90 Å². The first-order valence-electron chi connectivity index (χ1n) is 8.90. The molecule has 1 unspecified atom stereocenters. The smallest absolute Gasteiger partial charge is 0.246 e. The van der Waals surface area contributed by atoms with Crippen molar-refractivity contribution in [3.05, 3.63) is 65.2 Å². The van der Waals surface area contributed by atoms with Gasteiger partial charge in [0.2, 0.25) is 5.91 Å². The first-order valence-corrected chi connectivity index (χ1v) is 8.90. The number of benzene rings is 2. The minimum absolute atomic E-state index is 0.0173. The second-order valence-electron chi connectivity index (χ2n) is 6.89. The number of nitrogens with zero attached hydrogens (tertiary/aromatic N) is 1. The maximum absolute atomic E-state index is 13.1. The van der Waals surface area contributed by atoms with Crippen LogP contribution in [0.25, 0.3) is 0 Å². The van der Waals surface area contributed by atoms with Crippen LogP contribution < -0.4 is 5.32 Å². The Morgan fingerprint density at radius 1 is 1.12 bits per heavy atom. The molecule has 2 N–H and O–H groups in total. The van der Waals surface area contributed by atoms with E-state index in [4.69, 9.17) is 0 Å². The van der Waals surface area contributed by atoms with E-state index in [1.807, 2.05) is 62.4 Å². The van der Waals surface area contributed by atoms with Gasteiger partial charge < -0.3 is 10.4 Å². The Morgan fingerprint density at radius 2 is 1.80 bits per heavy atom. The molecule has 132 valence electrons. The van der Waals surface area contributed by atoms with Crippen LogP contribution in [0.5, 0.6) is 0 Å².